The third-order valence-electron chi connectivity index (χ3n) is 3.76. The van der Waals surface area contributed by atoms with Crippen molar-refractivity contribution in [1.82, 2.24) is 10.6 Å². The van der Waals surface area contributed by atoms with E-state index in [0.29, 0.717) is 32.5 Å². The van der Waals surface area contributed by atoms with Crippen molar-refractivity contribution in [1.29, 1.82) is 0 Å². The molecule has 0 aromatic rings. The van der Waals surface area contributed by atoms with Gasteiger partial charge in [0.15, 0.2) is 0 Å². The Morgan fingerprint density at radius 1 is 0.792 bits per heavy atom. The monoisotopic (exact) mass is 342 g/mol. The van der Waals surface area contributed by atoms with Crippen LogP contribution in [0.15, 0.2) is 0 Å². The summed E-state index contributed by atoms with van der Waals surface area (Å²) >= 11 is 0. The van der Waals surface area contributed by atoms with Crippen LogP contribution in [0.3, 0.4) is 0 Å². The molecule has 0 saturated heterocycles. The molecule has 0 bridgehead atoms. The van der Waals surface area contributed by atoms with E-state index >= 15 is 0 Å². The van der Waals surface area contributed by atoms with Gasteiger partial charge in [-0.15, -0.1) is 0 Å². The van der Waals surface area contributed by atoms with E-state index in [2.05, 4.69) is 10.6 Å². The topological polar surface area (TPSA) is 102 Å². The van der Waals surface area contributed by atoms with Crippen LogP contribution < -0.4 is 10.6 Å². The Bertz CT molecular complexity index is 397. The van der Waals surface area contributed by atoms with Crippen LogP contribution in [0.25, 0.3) is 0 Å². The summed E-state index contributed by atoms with van der Waals surface area (Å²) in [7, 11) is 0. The third kappa shape index (κ3) is 11.8. The Balaban J connectivity index is 3.56. The lowest BCUT2D eigenvalue weighted by Gasteiger charge is -2.10. The van der Waals surface area contributed by atoms with Crippen LogP contribution in [0.1, 0.15) is 47.0 Å². The highest BCUT2D eigenvalue weighted by Gasteiger charge is 2.10. The summed E-state index contributed by atoms with van der Waals surface area (Å²) in [5, 5.41) is 5.38. The Hall–Kier alpha value is -1.76. The molecule has 7 heteroatoms. The fourth-order valence-corrected chi connectivity index (χ4v) is 1.60. The summed E-state index contributed by atoms with van der Waals surface area (Å²) in [6, 6.07) is 0. The molecule has 0 fully saturated rings. The van der Waals surface area contributed by atoms with Gasteiger partial charge in [0.05, 0.1) is 6.61 Å². The number of Topliss-reactive ketones (excluding diaryl/α,β-unsaturated/α-hetero) is 2. The van der Waals surface area contributed by atoms with E-state index in [1.54, 1.807) is 13.8 Å². The van der Waals surface area contributed by atoms with E-state index in [1.165, 1.54) is 13.8 Å². The summed E-state index contributed by atoms with van der Waals surface area (Å²) in [4.78, 5) is 45.1. The van der Waals surface area contributed by atoms with Crippen LogP contribution in [-0.2, 0) is 23.9 Å². The van der Waals surface area contributed by atoms with Gasteiger partial charge >= 0.3 is 0 Å². The van der Waals surface area contributed by atoms with Gasteiger partial charge in [-0.05, 0) is 20.3 Å². The van der Waals surface area contributed by atoms with Gasteiger partial charge in [-0.2, -0.15) is 0 Å². The summed E-state index contributed by atoms with van der Waals surface area (Å²) in [5.41, 5.74) is 0. The van der Waals surface area contributed by atoms with Crippen molar-refractivity contribution in [2.24, 2.45) is 11.8 Å². The standard InChI is InChI=1S/C17H30N2O5/c1-12(14(3)20)10-18-16(22)6-5-8-24-9-7-17(23)19-11-13(2)15(4)21/h12-13H,5-11H2,1-4H3,(H,18,22)(H,19,23). The SMILES string of the molecule is CC(=O)C(C)CNC(=O)CCCOCCC(=O)NCC(C)C(C)=O. The van der Waals surface area contributed by atoms with Crippen LogP contribution >= 0.6 is 0 Å². The van der Waals surface area contributed by atoms with Crippen molar-refractivity contribution < 1.29 is 23.9 Å². The third-order valence-corrected chi connectivity index (χ3v) is 3.76. The number of ketones is 2. The number of hydrogen-bond donors (Lipinski definition) is 2. The van der Waals surface area contributed by atoms with Gasteiger partial charge in [-0.25, -0.2) is 0 Å². The lowest BCUT2D eigenvalue weighted by Crippen LogP contribution is -2.31. The number of nitrogens with one attached hydrogen (secondary N) is 2. The van der Waals surface area contributed by atoms with Crippen molar-refractivity contribution in [3.05, 3.63) is 0 Å². The van der Waals surface area contributed by atoms with Crippen LogP contribution in [0.4, 0.5) is 0 Å². The molecule has 7 nitrogen and oxygen atoms in total. The molecule has 0 saturated carbocycles. The number of hydrogen-bond acceptors (Lipinski definition) is 5. The van der Waals surface area contributed by atoms with E-state index in [9.17, 15) is 19.2 Å². The highest BCUT2D eigenvalue weighted by molar-refractivity contribution is 5.80. The Labute approximate surface area is 143 Å². The van der Waals surface area contributed by atoms with Crippen LogP contribution in [0, 0.1) is 11.8 Å². The molecule has 0 rings (SSSR count). The second-order valence-corrected chi connectivity index (χ2v) is 6.10. The quantitative estimate of drug-likeness (QED) is 0.483. The first-order chi connectivity index (χ1) is 11.2. The lowest BCUT2D eigenvalue weighted by molar-refractivity contribution is -0.125. The van der Waals surface area contributed by atoms with Crippen molar-refractivity contribution in [2.75, 3.05) is 26.3 Å². The summed E-state index contributed by atoms with van der Waals surface area (Å²) < 4.78 is 5.31. The van der Waals surface area contributed by atoms with Gasteiger partial charge in [0.25, 0.3) is 0 Å². The zero-order chi connectivity index (χ0) is 18.5. The Morgan fingerprint density at radius 3 is 1.71 bits per heavy atom. The first kappa shape index (κ1) is 22.2. The molecule has 24 heavy (non-hydrogen) atoms. The van der Waals surface area contributed by atoms with E-state index in [1.807, 2.05) is 0 Å². The zero-order valence-corrected chi connectivity index (χ0v) is 15.1. The highest BCUT2D eigenvalue weighted by Crippen LogP contribution is 1.97. The molecule has 138 valence electrons. The number of amides is 2. The first-order valence-corrected chi connectivity index (χ1v) is 8.36. The molecule has 0 aliphatic heterocycles. The van der Waals surface area contributed by atoms with E-state index in [4.69, 9.17) is 4.74 Å². The van der Waals surface area contributed by atoms with Crippen molar-refractivity contribution in [3.8, 4) is 0 Å². The van der Waals surface area contributed by atoms with E-state index in [0.717, 1.165) is 0 Å². The zero-order valence-electron chi connectivity index (χ0n) is 15.1. The van der Waals surface area contributed by atoms with Gasteiger partial charge in [0.1, 0.15) is 11.6 Å². The van der Waals surface area contributed by atoms with Crippen molar-refractivity contribution in [3.63, 3.8) is 0 Å². The molecule has 0 aliphatic rings. The van der Waals surface area contributed by atoms with Crippen molar-refractivity contribution in [2.45, 2.75) is 47.0 Å². The minimum atomic E-state index is -0.181. The molecule has 0 aromatic carbocycles. The smallest absolute Gasteiger partial charge is 0.222 e. The number of ether oxygens (including phenoxy) is 1. The molecular weight excluding hydrogens is 312 g/mol. The van der Waals surface area contributed by atoms with Gasteiger partial charge in [-0.3, -0.25) is 19.2 Å². The van der Waals surface area contributed by atoms with E-state index in [-0.39, 0.29) is 48.2 Å². The summed E-state index contributed by atoms with van der Waals surface area (Å²) in [6.45, 7) is 7.91. The number of carbonyl (C=O) groups excluding carboxylic acids is 4. The molecule has 2 amide bonds. The molecule has 2 N–H and O–H groups in total. The molecular formula is C17H30N2O5. The predicted octanol–water partition coefficient (Wildman–Crippen LogP) is 0.856. The van der Waals surface area contributed by atoms with Crippen LogP contribution in [0.2, 0.25) is 0 Å². The Kier molecular flexibility index (Phi) is 11.7. The Morgan fingerprint density at radius 2 is 1.25 bits per heavy atom. The van der Waals surface area contributed by atoms with Crippen molar-refractivity contribution >= 4 is 23.4 Å². The lowest BCUT2D eigenvalue weighted by atomic mass is 10.1. The number of carbonyl (C=O) groups is 4. The van der Waals surface area contributed by atoms with Gasteiger partial charge in [0.2, 0.25) is 11.8 Å². The molecule has 0 radical (unpaired) electrons. The van der Waals surface area contributed by atoms with Gasteiger partial charge < -0.3 is 15.4 Å². The minimum Gasteiger partial charge on any atom is -0.381 e. The normalized spacial score (nSPS) is 13.0. The minimum absolute atomic E-state index is 0.0440. The molecule has 0 spiro atoms. The molecule has 2 unspecified atom stereocenters. The van der Waals surface area contributed by atoms with E-state index < -0.39 is 0 Å². The molecule has 0 heterocycles. The second-order valence-electron chi connectivity index (χ2n) is 6.10. The fourth-order valence-electron chi connectivity index (χ4n) is 1.60. The molecule has 2 atom stereocenters. The fraction of sp³-hybridized carbons (Fsp3) is 0.765. The molecule has 0 aromatic heterocycles. The first-order valence-electron chi connectivity index (χ1n) is 8.36. The maximum absolute atomic E-state index is 11.5. The maximum Gasteiger partial charge on any atom is 0.222 e. The average molecular weight is 342 g/mol. The largest absolute Gasteiger partial charge is 0.381 e. The molecule has 0 aliphatic carbocycles. The van der Waals surface area contributed by atoms with Crippen LogP contribution in [-0.4, -0.2) is 49.7 Å². The maximum atomic E-state index is 11.5. The average Bonchev–Trinajstić information content (AvgIpc) is 2.52. The van der Waals surface area contributed by atoms with Gasteiger partial charge in [0, 0.05) is 44.4 Å². The highest BCUT2D eigenvalue weighted by atomic mass is 16.5. The summed E-state index contributed by atoms with van der Waals surface area (Å²) in [6.07, 6.45) is 1.11. The van der Waals surface area contributed by atoms with Crippen LogP contribution in [0.5, 0.6) is 0 Å². The predicted molar refractivity (Wildman–Crippen MR) is 90.4 cm³/mol. The van der Waals surface area contributed by atoms with Gasteiger partial charge in [-0.1, -0.05) is 13.8 Å². The second kappa shape index (κ2) is 12.6. The summed E-state index contributed by atoms with van der Waals surface area (Å²) in [5.74, 6) is -0.521. The number of rotatable bonds is 13.